The van der Waals surface area contributed by atoms with Gasteiger partial charge in [-0.3, -0.25) is 4.90 Å². The zero-order valence-electron chi connectivity index (χ0n) is 16.1. The molecule has 1 atom stereocenters. The van der Waals surface area contributed by atoms with Gasteiger partial charge in [0.1, 0.15) is 18.5 Å². The first-order valence-electron chi connectivity index (χ1n) is 9.28. The van der Waals surface area contributed by atoms with Gasteiger partial charge in [0.05, 0.1) is 5.71 Å². The highest BCUT2D eigenvalue weighted by molar-refractivity contribution is 5.98. The van der Waals surface area contributed by atoms with Crippen LogP contribution in [0.3, 0.4) is 0 Å². The Kier molecular flexibility index (Phi) is 8.57. The van der Waals surface area contributed by atoms with Gasteiger partial charge in [-0.2, -0.15) is 0 Å². The fourth-order valence-corrected chi connectivity index (χ4v) is 3.24. The van der Waals surface area contributed by atoms with Crippen molar-refractivity contribution < 1.29 is 15.1 Å². The predicted molar refractivity (Wildman–Crippen MR) is 114 cm³/mol. The van der Waals surface area contributed by atoms with Gasteiger partial charge in [0.15, 0.2) is 0 Å². The van der Waals surface area contributed by atoms with Crippen LogP contribution in [-0.4, -0.2) is 66.4 Å². The lowest BCUT2D eigenvalue weighted by atomic mass is 10.1. The minimum atomic E-state index is -0.551. The van der Waals surface area contributed by atoms with E-state index in [9.17, 15) is 5.11 Å². The van der Waals surface area contributed by atoms with Crippen LogP contribution < -0.4 is 9.64 Å². The molecular weight excluding hydrogens is 378 g/mol. The maximum atomic E-state index is 10.3. The molecule has 0 aromatic heterocycles. The predicted octanol–water partition coefficient (Wildman–Crippen LogP) is 2.87. The molecule has 0 radical (unpaired) electrons. The first kappa shape index (κ1) is 22.0. The molecule has 1 heterocycles. The van der Waals surface area contributed by atoms with Gasteiger partial charge in [-0.05, 0) is 31.2 Å². The zero-order chi connectivity index (χ0) is 19.1. The van der Waals surface area contributed by atoms with Crippen molar-refractivity contribution in [3.63, 3.8) is 0 Å². The van der Waals surface area contributed by atoms with Crippen LogP contribution in [0.5, 0.6) is 5.75 Å². The van der Waals surface area contributed by atoms with Crippen molar-refractivity contribution in [1.29, 1.82) is 0 Å². The average molecular weight is 406 g/mol. The summed E-state index contributed by atoms with van der Waals surface area (Å²) in [7, 11) is 0. The van der Waals surface area contributed by atoms with Crippen LogP contribution in [0.4, 0.5) is 5.69 Å². The Morgan fingerprint density at radius 2 is 1.79 bits per heavy atom. The number of hydrogen-bond acceptors (Lipinski definition) is 6. The van der Waals surface area contributed by atoms with E-state index in [-0.39, 0.29) is 19.0 Å². The highest BCUT2D eigenvalue weighted by Gasteiger charge is 2.19. The minimum Gasteiger partial charge on any atom is -0.491 e. The summed E-state index contributed by atoms with van der Waals surface area (Å²) in [5.41, 5.74) is 2.57. The van der Waals surface area contributed by atoms with E-state index in [1.807, 2.05) is 24.3 Å². The largest absolute Gasteiger partial charge is 0.491 e. The van der Waals surface area contributed by atoms with Gasteiger partial charge < -0.3 is 20.0 Å². The van der Waals surface area contributed by atoms with E-state index in [1.54, 1.807) is 13.0 Å². The third-order valence-corrected chi connectivity index (χ3v) is 4.81. The van der Waals surface area contributed by atoms with Crippen LogP contribution >= 0.6 is 12.4 Å². The monoisotopic (exact) mass is 405 g/mol. The smallest absolute Gasteiger partial charge is 0.120 e. The number of oxime groups is 1. The standard InChI is InChI=1S/C21H27N3O3.ClH/c1-17(22-26)18-6-5-9-21(14-18)27-16-20(25)15-23-10-12-24(13-11-23)19-7-3-2-4-8-19;/h2-9,14,20,25-26H,10-13,15-16H2,1H3;1H/b22-17+;. The van der Waals surface area contributed by atoms with Crippen molar-refractivity contribution in [1.82, 2.24) is 4.90 Å². The number of halogens is 1. The third kappa shape index (κ3) is 6.12. The molecule has 1 saturated heterocycles. The molecular formula is C21H28ClN3O3. The molecule has 0 bridgehead atoms. The molecule has 152 valence electrons. The van der Waals surface area contributed by atoms with Crippen LogP contribution in [0.2, 0.25) is 0 Å². The number of hydrogen-bond donors (Lipinski definition) is 2. The number of piperazine rings is 1. The van der Waals surface area contributed by atoms with Crippen LogP contribution in [0.15, 0.2) is 59.8 Å². The second-order valence-corrected chi connectivity index (χ2v) is 6.80. The maximum absolute atomic E-state index is 10.3. The fraction of sp³-hybridized carbons (Fsp3) is 0.381. The topological polar surface area (TPSA) is 68.5 Å². The zero-order valence-corrected chi connectivity index (χ0v) is 16.9. The van der Waals surface area contributed by atoms with Gasteiger partial charge in [0, 0.05) is 44.0 Å². The number of anilines is 1. The molecule has 0 amide bonds. The molecule has 1 aliphatic heterocycles. The van der Waals surface area contributed by atoms with Crippen molar-refractivity contribution >= 4 is 23.8 Å². The van der Waals surface area contributed by atoms with E-state index in [2.05, 4.69) is 39.2 Å². The summed E-state index contributed by atoms with van der Waals surface area (Å²) in [4.78, 5) is 4.64. The van der Waals surface area contributed by atoms with E-state index in [4.69, 9.17) is 9.94 Å². The van der Waals surface area contributed by atoms with E-state index in [0.717, 1.165) is 31.7 Å². The summed E-state index contributed by atoms with van der Waals surface area (Å²) in [5, 5.41) is 22.4. The molecule has 0 spiro atoms. The summed E-state index contributed by atoms with van der Waals surface area (Å²) < 4.78 is 5.71. The normalized spacial score (nSPS) is 16.4. The molecule has 28 heavy (non-hydrogen) atoms. The highest BCUT2D eigenvalue weighted by atomic mass is 35.5. The molecule has 2 N–H and O–H groups in total. The summed E-state index contributed by atoms with van der Waals surface area (Å²) in [6, 6.07) is 17.8. The van der Waals surface area contributed by atoms with Crippen molar-refractivity contribution in [3.05, 3.63) is 60.2 Å². The van der Waals surface area contributed by atoms with Gasteiger partial charge in [-0.15, -0.1) is 12.4 Å². The Balaban J connectivity index is 0.00000280. The summed E-state index contributed by atoms with van der Waals surface area (Å²) >= 11 is 0. The lowest BCUT2D eigenvalue weighted by Crippen LogP contribution is -2.49. The van der Waals surface area contributed by atoms with Gasteiger partial charge in [0.2, 0.25) is 0 Å². The fourth-order valence-electron chi connectivity index (χ4n) is 3.24. The van der Waals surface area contributed by atoms with Crippen LogP contribution in [0.25, 0.3) is 0 Å². The lowest BCUT2D eigenvalue weighted by Gasteiger charge is -2.36. The highest BCUT2D eigenvalue weighted by Crippen LogP contribution is 2.17. The van der Waals surface area contributed by atoms with E-state index in [0.29, 0.717) is 18.0 Å². The second-order valence-electron chi connectivity index (χ2n) is 6.80. The van der Waals surface area contributed by atoms with E-state index in [1.165, 1.54) is 5.69 Å². The Hall–Kier alpha value is -2.28. The molecule has 1 unspecified atom stereocenters. The lowest BCUT2D eigenvalue weighted by molar-refractivity contribution is 0.0663. The van der Waals surface area contributed by atoms with Crippen LogP contribution in [0, 0.1) is 0 Å². The molecule has 2 aromatic rings. The SMILES string of the molecule is C/C(=N\O)c1cccc(OCC(O)CN2CCN(c3ccccc3)CC2)c1.Cl. The molecule has 3 rings (SSSR count). The van der Waals surface area contributed by atoms with Crippen molar-refractivity contribution in [2.75, 3.05) is 44.2 Å². The van der Waals surface area contributed by atoms with Crippen LogP contribution in [0.1, 0.15) is 12.5 Å². The average Bonchev–Trinajstić information content (AvgIpc) is 2.73. The number of aliphatic hydroxyl groups is 1. The van der Waals surface area contributed by atoms with E-state index >= 15 is 0 Å². The number of rotatable bonds is 7. The second kappa shape index (κ2) is 10.9. The molecule has 1 aliphatic rings. The number of β-amino-alcohol motifs (C(OH)–C–C–N with tert-alkyl or cyclic N) is 1. The number of aliphatic hydroxyl groups excluding tert-OH is 1. The first-order valence-corrected chi connectivity index (χ1v) is 9.28. The molecule has 6 nitrogen and oxygen atoms in total. The molecule has 0 aliphatic carbocycles. The Morgan fingerprint density at radius 1 is 1.07 bits per heavy atom. The van der Waals surface area contributed by atoms with Crippen molar-refractivity contribution in [2.45, 2.75) is 13.0 Å². The van der Waals surface area contributed by atoms with Gasteiger partial charge >= 0.3 is 0 Å². The van der Waals surface area contributed by atoms with Gasteiger partial charge in [-0.1, -0.05) is 35.5 Å². The molecule has 2 aromatic carbocycles. The minimum absolute atomic E-state index is 0. The van der Waals surface area contributed by atoms with Crippen molar-refractivity contribution in [3.8, 4) is 5.75 Å². The first-order chi connectivity index (χ1) is 13.2. The Morgan fingerprint density at radius 3 is 2.46 bits per heavy atom. The molecule has 7 heteroatoms. The van der Waals surface area contributed by atoms with Gasteiger partial charge in [0.25, 0.3) is 0 Å². The third-order valence-electron chi connectivity index (χ3n) is 4.81. The maximum Gasteiger partial charge on any atom is 0.120 e. The number of para-hydroxylation sites is 1. The number of nitrogens with zero attached hydrogens (tertiary/aromatic N) is 3. The summed E-state index contributed by atoms with van der Waals surface area (Å²) in [6.07, 6.45) is -0.551. The number of ether oxygens (including phenoxy) is 1. The summed E-state index contributed by atoms with van der Waals surface area (Å²) in [5.74, 6) is 0.656. The quantitative estimate of drug-likeness (QED) is 0.421. The van der Waals surface area contributed by atoms with Crippen molar-refractivity contribution in [2.24, 2.45) is 5.16 Å². The van der Waals surface area contributed by atoms with Crippen LogP contribution in [-0.2, 0) is 0 Å². The molecule has 1 fully saturated rings. The van der Waals surface area contributed by atoms with Gasteiger partial charge in [-0.25, -0.2) is 0 Å². The Bertz CT molecular complexity index is 750. The molecule has 0 saturated carbocycles. The number of benzene rings is 2. The summed E-state index contributed by atoms with van der Waals surface area (Å²) in [6.45, 7) is 6.32. The Labute approximate surface area is 172 Å². The van der Waals surface area contributed by atoms with E-state index < -0.39 is 6.10 Å².